The molecule has 0 unspecified atom stereocenters. The van der Waals surface area contributed by atoms with E-state index in [1.807, 2.05) is 24.3 Å². The smallest absolute Gasteiger partial charge is 0.335 e. The van der Waals surface area contributed by atoms with Gasteiger partial charge < -0.3 is 9.84 Å². The molecule has 3 nitrogen and oxygen atoms in total. The van der Waals surface area contributed by atoms with Crippen molar-refractivity contribution in [2.45, 2.75) is 26.2 Å². The van der Waals surface area contributed by atoms with E-state index >= 15 is 0 Å². The van der Waals surface area contributed by atoms with Crippen molar-refractivity contribution in [2.24, 2.45) is 0 Å². The normalized spacial score (nSPS) is 10.6. The predicted octanol–water partition coefficient (Wildman–Crippen LogP) is 5.63. The second-order valence-corrected chi connectivity index (χ2v) is 6.57. The van der Waals surface area contributed by atoms with E-state index in [0.717, 1.165) is 37.2 Å². The lowest BCUT2D eigenvalue weighted by atomic mass is 10.00. The lowest BCUT2D eigenvalue weighted by molar-refractivity contribution is 0.0697. The molecule has 138 valence electrons. The second kappa shape index (κ2) is 9.04. The summed E-state index contributed by atoms with van der Waals surface area (Å²) in [6, 6.07) is 23.9. The van der Waals surface area contributed by atoms with Gasteiger partial charge in [-0.15, -0.1) is 0 Å². The van der Waals surface area contributed by atoms with Gasteiger partial charge >= 0.3 is 5.97 Å². The average molecular weight is 360 g/mol. The van der Waals surface area contributed by atoms with E-state index in [4.69, 9.17) is 9.84 Å². The van der Waals surface area contributed by atoms with Crippen LogP contribution in [0.5, 0.6) is 5.75 Å². The van der Waals surface area contributed by atoms with Gasteiger partial charge in [0.05, 0.1) is 12.2 Å². The first-order chi connectivity index (χ1) is 13.2. The minimum atomic E-state index is -0.887. The average Bonchev–Trinajstić information content (AvgIpc) is 2.72. The Bertz CT molecular complexity index is 863. The van der Waals surface area contributed by atoms with Crippen molar-refractivity contribution in [1.29, 1.82) is 0 Å². The summed E-state index contributed by atoms with van der Waals surface area (Å²) in [5.74, 6) is 0.0215. The zero-order chi connectivity index (χ0) is 19.1. The fourth-order valence-electron chi connectivity index (χ4n) is 2.93. The van der Waals surface area contributed by atoms with Crippen molar-refractivity contribution in [1.82, 2.24) is 0 Å². The van der Waals surface area contributed by atoms with E-state index in [0.29, 0.717) is 5.56 Å². The highest BCUT2D eigenvalue weighted by molar-refractivity contribution is 5.87. The molecule has 0 aliphatic rings. The molecular formula is C24H24O3. The summed E-state index contributed by atoms with van der Waals surface area (Å²) in [5, 5.41) is 8.95. The number of hydrogen-bond acceptors (Lipinski definition) is 2. The summed E-state index contributed by atoms with van der Waals surface area (Å²) in [4.78, 5) is 10.9. The van der Waals surface area contributed by atoms with Crippen molar-refractivity contribution in [3.8, 4) is 16.9 Å². The molecule has 0 spiro atoms. The second-order valence-electron chi connectivity index (χ2n) is 6.57. The van der Waals surface area contributed by atoms with Gasteiger partial charge in [0.2, 0.25) is 0 Å². The number of ether oxygens (including phenoxy) is 1. The Kier molecular flexibility index (Phi) is 6.26. The van der Waals surface area contributed by atoms with Crippen molar-refractivity contribution in [2.75, 3.05) is 6.61 Å². The molecule has 0 saturated carbocycles. The van der Waals surface area contributed by atoms with E-state index < -0.39 is 5.97 Å². The minimum Gasteiger partial charge on any atom is -0.494 e. The first-order valence-electron chi connectivity index (χ1n) is 9.30. The van der Waals surface area contributed by atoms with Crippen LogP contribution in [0.3, 0.4) is 0 Å². The molecule has 3 aromatic rings. The molecule has 3 heteroatoms. The fraction of sp³-hybridized carbons (Fsp3) is 0.208. The maximum Gasteiger partial charge on any atom is 0.335 e. The predicted molar refractivity (Wildman–Crippen MR) is 108 cm³/mol. The van der Waals surface area contributed by atoms with E-state index in [-0.39, 0.29) is 0 Å². The Morgan fingerprint density at radius 2 is 1.26 bits per heavy atom. The van der Waals surface area contributed by atoms with Crippen LogP contribution in [-0.4, -0.2) is 17.7 Å². The van der Waals surface area contributed by atoms with Crippen LogP contribution in [0.25, 0.3) is 11.1 Å². The summed E-state index contributed by atoms with van der Waals surface area (Å²) >= 11 is 0. The molecule has 0 aromatic heterocycles. The molecule has 27 heavy (non-hydrogen) atoms. The third kappa shape index (κ3) is 5.20. The van der Waals surface area contributed by atoms with Gasteiger partial charge in [-0.2, -0.15) is 0 Å². The van der Waals surface area contributed by atoms with Gasteiger partial charge in [-0.05, 0) is 65.8 Å². The number of carbonyl (C=O) groups is 1. The van der Waals surface area contributed by atoms with Gasteiger partial charge in [-0.1, -0.05) is 55.5 Å². The Morgan fingerprint density at radius 3 is 1.74 bits per heavy atom. The Balaban J connectivity index is 1.59. The highest BCUT2D eigenvalue weighted by Gasteiger charge is 2.03. The van der Waals surface area contributed by atoms with Crippen molar-refractivity contribution in [3.63, 3.8) is 0 Å². The van der Waals surface area contributed by atoms with Gasteiger partial charge in [0.25, 0.3) is 0 Å². The quantitative estimate of drug-likeness (QED) is 0.566. The maximum atomic E-state index is 10.9. The number of benzene rings is 3. The zero-order valence-electron chi connectivity index (χ0n) is 15.5. The van der Waals surface area contributed by atoms with Crippen molar-refractivity contribution < 1.29 is 14.6 Å². The van der Waals surface area contributed by atoms with Crippen molar-refractivity contribution >= 4 is 5.97 Å². The lowest BCUT2D eigenvalue weighted by Crippen LogP contribution is -1.97. The molecule has 0 aliphatic heterocycles. The largest absolute Gasteiger partial charge is 0.494 e. The van der Waals surface area contributed by atoms with Crippen LogP contribution in [-0.2, 0) is 12.8 Å². The highest BCUT2D eigenvalue weighted by atomic mass is 16.5. The molecule has 0 atom stereocenters. The van der Waals surface area contributed by atoms with Gasteiger partial charge in [-0.25, -0.2) is 4.79 Å². The first-order valence-corrected chi connectivity index (χ1v) is 9.30. The first kappa shape index (κ1) is 18.7. The van der Waals surface area contributed by atoms with Crippen molar-refractivity contribution in [3.05, 3.63) is 89.5 Å². The Morgan fingerprint density at radius 1 is 0.778 bits per heavy atom. The summed E-state index contributed by atoms with van der Waals surface area (Å²) < 4.78 is 5.63. The molecule has 0 heterocycles. The SMILES string of the molecule is CCCOc1ccc(-c2ccc(CCc3ccc(C(=O)O)cc3)cc2)cc1. The monoisotopic (exact) mass is 360 g/mol. The number of rotatable bonds is 8. The van der Waals surface area contributed by atoms with Gasteiger partial charge in [-0.3, -0.25) is 0 Å². The molecule has 0 radical (unpaired) electrons. The molecule has 0 saturated heterocycles. The third-order valence-electron chi connectivity index (χ3n) is 4.52. The topological polar surface area (TPSA) is 46.5 Å². The van der Waals surface area contributed by atoms with E-state index in [1.54, 1.807) is 12.1 Å². The van der Waals surface area contributed by atoms with E-state index in [2.05, 4.69) is 43.3 Å². The van der Waals surface area contributed by atoms with Crippen LogP contribution >= 0.6 is 0 Å². The summed E-state index contributed by atoms with van der Waals surface area (Å²) in [5.41, 5.74) is 5.10. The number of aromatic carboxylic acids is 1. The van der Waals surface area contributed by atoms with Crippen LogP contribution in [0, 0.1) is 0 Å². The summed E-state index contributed by atoms with van der Waals surface area (Å²) in [6.07, 6.45) is 2.83. The fourth-order valence-corrected chi connectivity index (χ4v) is 2.93. The molecule has 3 rings (SSSR count). The minimum absolute atomic E-state index is 0.328. The number of hydrogen-bond donors (Lipinski definition) is 1. The van der Waals surface area contributed by atoms with E-state index in [9.17, 15) is 4.79 Å². The molecule has 0 aliphatic carbocycles. The number of carboxylic acid groups (broad SMARTS) is 1. The number of aryl methyl sites for hydroxylation is 2. The molecule has 0 amide bonds. The Hall–Kier alpha value is -3.07. The lowest BCUT2D eigenvalue weighted by Gasteiger charge is -2.08. The molecule has 3 aromatic carbocycles. The summed E-state index contributed by atoms with van der Waals surface area (Å²) in [7, 11) is 0. The van der Waals surface area contributed by atoms with Gasteiger partial charge in [0.1, 0.15) is 5.75 Å². The highest BCUT2D eigenvalue weighted by Crippen LogP contribution is 2.23. The van der Waals surface area contributed by atoms with E-state index in [1.165, 1.54) is 16.7 Å². The number of carboxylic acids is 1. The van der Waals surface area contributed by atoms with Crippen LogP contribution in [0.4, 0.5) is 0 Å². The zero-order valence-corrected chi connectivity index (χ0v) is 15.5. The molecule has 0 bridgehead atoms. The van der Waals surface area contributed by atoms with Crippen LogP contribution in [0.1, 0.15) is 34.8 Å². The van der Waals surface area contributed by atoms with Crippen LogP contribution in [0.2, 0.25) is 0 Å². The van der Waals surface area contributed by atoms with Gasteiger partial charge in [0.15, 0.2) is 0 Å². The van der Waals surface area contributed by atoms with Gasteiger partial charge in [0, 0.05) is 0 Å². The Labute approximate surface area is 160 Å². The standard InChI is InChI=1S/C24H24O3/c1-2-17-27-23-15-13-21(14-16-23)20-9-5-18(6-10-20)3-4-19-7-11-22(12-8-19)24(25)26/h5-16H,2-4,17H2,1H3,(H,25,26). The maximum absolute atomic E-state index is 10.9. The molecule has 0 fully saturated rings. The third-order valence-corrected chi connectivity index (χ3v) is 4.52. The molecular weight excluding hydrogens is 336 g/mol. The summed E-state index contributed by atoms with van der Waals surface area (Å²) in [6.45, 7) is 2.84. The van der Waals surface area contributed by atoms with Crippen LogP contribution in [0.15, 0.2) is 72.8 Å². The van der Waals surface area contributed by atoms with Crippen LogP contribution < -0.4 is 4.74 Å². The molecule has 1 N–H and O–H groups in total.